The molecule has 62 heavy (non-hydrogen) atoms. The van der Waals surface area contributed by atoms with Crippen LogP contribution in [-0.2, 0) is 50.4 Å². The second-order valence-corrected chi connectivity index (χ2v) is 13.9. The first kappa shape index (κ1) is 50.0. The first-order valence-corrected chi connectivity index (χ1v) is 19.2. The Hall–Kier alpha value is -4.61. The number of aromatic nitrogens is 4. The molecule has 0 aliphatic carbocycles. The van der Waals surface area contributed by atoms with Gasteiger partial charge in [0.2, 0.25) is 11.8 Å². The molecule has 0 radical (unpaired) electrons. The van der Waals surface area contributed by atoms with Crippen molar-refractivity contribution in [3.05, 3.63) is 36.2 Å². The highest BCUT2D eigenvalue weighted by atomic mass is 19.4. The smallest absolute Gasteiger partial charge is 0.434 e. The van der Waals surface area contributed by atoms with Crippen molar-refractivity contribution in [2.75, 3.05) is 76.5 Å². The normalized spacial score (nSPS) is 24.3. The van der Waals surface area contributed by atoms with Gasteiger partial charge < -0.3 is 65.4 Å². The van der Waals surface area contributed by atoms with Crippen molar-refractivity contribution in [1.29, 1.82) is 0 Å². The standard InChI is InChI=1S/C35H49F6N9O12/c1-2-60-29(53)13-44-18(14-58-5-3-27(51)45-7-21-32(56)30(54)19(16-61-21)47-25-11-42-9-23(49-25)34(36,37)38)15-59-6-4-28(52)46-8-22-33(57)31(55)20(17-62-22)48-26-12-43-10-24(50-26)35(39,40)41/h9-12,18-22,30-33,44,54-57H,2-8,13-17H2,1H3,(H,45,51)(H,46,52)(H,47,49)(H,48,50)/t19-,20-,21+,22+,30+,31+,32-,33-/m0/s1. The lowest BCUT2D eigenvalue weighted by Crippen LogP contribution is -2.58. The number of carbonyl (C=O) groups is 3. The number of rotatable bonds is 22. The van der Waals surface area contributed by atoms with Crippen LogP contribution in [0.1, 0.15) is 31.2 Å². The van der Waals surface area contributed by atoms with Crippen molar-refractivity contribution in [3.8, 4) is 0 Å². The van der Waals surface area contributed by atoms with Gasteiger partial charge in [0.05, 0.1) is 95.7 Å². The molecule has 2 aromatic heterocycles. The Bertz CT molecular complexity index is 1630. The van der Waals surface area contributed by atoms with Gasteiger partial charge in [-0.3, -0.25) is 29.7 Å². The van der Waals surface area contributed by atoms with Gasteiger partial charge in [-0.1, -0.05) is 0 Å². The number of carbonyl (C=O) groups excluding carboxylic acids is 3. The fourth-order valence-electron chi connectivity index (χ4n) is 5.89. The van der Waals surface area contributed by atoms with Gasteiger partial charge in [-0.15, -0.1) is 0 Å². The Balaban J connectivity index is 1.12. The van der Waals surface area contributed by atoms with Gasteiger partial charge in [0.15, 0.2) is 11.4 Å². The fraction of sp³-hybridized carbons (Fsp3) is 0.686. The predicted molar refractivity (Wildman–Crippen MR) is 198 cm³/mol. The lowest BCUT2D eigenvalue weighted by molar-refractivity contribution is -0.143. The molecule has 2 aliphatic heterocycles. The number of aliphatic hydroxyl groups excluding tert-OH is 4. The Labute approximate surface area is 349 Å². The van der Waals surface area contributed by atoms with Crippen LogP contribution in [0, 0.1) is 0 Å². The van der Waals surface area contributed by atoms with Crippen LogP contribution in [0.15, 0.2) is 24.8 Å². The fourth-order valence-corrected chi connectivity index (χ4v) is 5.89. The molecular formula is C35H49F6N9O12. The largest absolute Gasteiger partial charge is 0.465 e. The lowest BCUT2D eigenvalue weighted by atomic mass is 9.98. The number of hydrogen-bond acceptors (Lipinski definition) is 19. The number of anilines is 2. The average molecular weight is 902 g/mol. The highest BCUT2D eigenvalue weighted by Gasteiger charge is 2.41. The molecule has 4 rings (SSSR count). The zero-order chi connectivity index (χ0) is 45.5. The highest BCUT2D eigenvalue weighted by Crippen LogP contribution is 2.29. The van der Waals surface area contributed by atoms with E-state index in [9.17, 15) is 61.2 Å². The molecule has 4 heterocycles. The zero-order valence-corrected chi connectivity index (χ0v) is 33.1. The number of aliphatic hydroxyl groups is 4. The highest BCUT2D eigenvalue weighted by molar-refractivity contribution is 5.76. The number of alkyl halides is 6. The first-order chi connectivity index (χ1) is 29.3. The quantitative estimate of drug-likeness (QED) is 0.0364. The summed E-state index contributed by atoms with van der Waals surface area (Å²) >= 11 is 0. The average Bonchev–Trinajstić information content (AvgIpc) is 3.22. The molecule has 0 unspecified atom stereocenters. The molecular weight excluding hydrogens is 852 g/mol. The first-order valence-electron chi connectivity index (χ1n) is 19.2. The van der Waals surface area contributed by atoms with E-state index in [0.717, 1.165) is 12.4 Å². The van der Waals surface area contributed by atoms with Crippen molar-refractivity contribution in [2.24, 2.45) is 0 Å². The second-order valence-electron chi connectivity index (χ2n) is 13.9. The van der Waals surface area contributed by atoms with E-state index in [-0.39, 0.29) is 90.4 Å². The third-order valence-electron chi connectivity index (χ3n) is 9.21. The maximum absolute atomic E-state index is 13.0. The summed E-state index contributed by atoms with van der Waals surface area (Å²) < 4.78 is 105. The monoisotopic (exact) mass is 901 g/mol. The van der Waals surface area contributed by atoms with Gasteiger partial charge in [-0.05, 0) is 6.92 Å². The minimum absolute atomic E-state index is 0.0460. The number of nitrogens with one attached hydrogen (secondary N) is 5. The summed E-state index contributed by atoms with van der Waals surface area (Å²) in [5.41, 5.74) is -2.51. The van der Waals surface area contributed by atoms with Crippen molar-refractivity contribution < 1.29 is 84.8 Å². The second kappa shape index (κ2) is 23.7. The molecule has 9 N–H and O–H groups in total. The van der Waals surface area contributed by atoms with Crippen LogP contribution < -0.4 is 26.6 Å². The lowest BCUT2D eigenvalue weighted by Gasteiger charge is -2.38. The van der Waals surface area contributed by atoms with Crippen LogP contribution >= 0.6 is 0 Å². The third-order valence-corrected chi connectivity index (χ3v) is 9.21. The van der Waals surface area contributed by atoms with Crippen molar-refractivity contribution >= 4 is 29.4 Å². The Morgan fingerprint density at radius 3 is 1.56 bits per heavy atom. The van der Waals surface area contributed by atoms with Crippen LogP contribution in [-0.4, -0.2) is 179 Å². The van der Waals surface area contributed by atoms with E-state index in [1.807, 2.05) is 0 Å². The van der Waals surface area contributed by atoms with Crippen LogP contribution in [0.4, 0.5) is 38.0 Å². The maximum Gasteiger partial charge on any atom is 0.434 e. The maximum atomic E-state index is 13.0. The molecule has 21 nitrogen and oxygen atoms in total. The summed E-state index contributed by atoms with van der Waals surface area (Å²) in [6.45, 7) is 0.384. The minimum atomic E-state index is -4.74. The zero-order valence-electron chi connectivity index (χ0n) is 33.1. The third kappa shape index (κ3) is 15.9. The van der Waals surface area contributed by atoms with Crippen LogP contribution in [0.2, 0.25) is 0 Å². The van der Waals surface area contributed by atoms with Gasteiger partial charge >= 0.3 is 18.3 Å². The van der Waals surface area contributed by atoms with Crippen LogP contribution in [0.25, 0.3) is 0 Å². The molecule has 0 bridgehead atoms. The number of amides is 2. The van der Waals surface area contributed by atoms with Gasteiger partial charge in [0.1, 0.15) is 48.3 Å². The summed E-state index contributed by atoms with van der Waals surface area (Å²) in [5, 5.41) is 55.3. The van der Waals surface area contributed by atoms with Gasteiger partial charge in [-0.2, -0.15) is 26.3 Å². The Morgan fingerprint density at radius 1 is 0.726 bits per heavy atom. The van der Waals surface area contributed by atoms with Crippen LogP contribution in [0.5, 0.6) is 0 Å². The van der Waals surface area contributed by atoms with E-state index in [2.05, 4.69) is 46.5 Å². The summed E-state index contributed by atoms with van der Waals surface area (Å²) in [6, 6.07) is -2.67. The summed E-state index contributed by atoms with van der Waals surface area (Å²) in [4.78, 5) is 50.7. The number of nitrogens with zero attached hydrogens (tertiary/aromatic N) is 4. The van der Waals surface area contributed by atoms with Crippen molar-refractivity contribution in [3.63, 3.8) is 0 Å². The molecule has 0 aromatic carbocycles. The molecule has 2 aliphatic rings. The molecule has 0 saturated carbocycles. The van der Waals surface area contributed by atoms with Crippen molar-refractivity contribution in [2.45, 2.75) is 86.9 Å². The van der Waals surface area contributed by atoms with E-state index in [0.29, 0.717) is 12.4 Å². The van der Waals surface area contributed by atoms with E-state index in [1.54, 1.807) is 6.92 Å². The van der Waals surface area contributed by atoms with Crippen LogP contribution in [0.3, 0.4) is 0 Å². The molecule has 27 heteroatoms. The number of hydrogen-bond donors (Lipinski definition) is 9. The van der Waals surface area contributed by atoms with Crippen molar-refractivity contribution in [1.82, 2.24) is 35.9 Å². The SMILES string of the molecule is CCOC(=O)CNC(COCCC(=O)NC[C@H]1OC[C@H](Nc2cncc(C(F)(F)F)n2)[C@@H](O)[C@H]1O)COCCC(=O)NC[C@H]1OC[C@H](Nc2cncc(C(F)(F)F)n2)[C@@H](O)[C@H]1O. The molecule has 0 spiro atoms. The Morgan fingerprint density at radius 2 is 1.16 bits per heavy atom. The minimum Gasteiger partial charge on any atom is -0.465 e. The van der Waals surface area contributed by atoms with Gasteiger partial charge in [0, 0.05) is 25.9 Å². The molecule has 8 atom stereocenters. The van der Waals surface area contributed by atoms with E-state index >= 15 is 0 Å². The summed E-state index contributed by atoms with van der Waals surface area (Å²) in [7, 11) is 0. The Kier molecular flexibility index (Phi) is 19.2. The molecule has 2 amide bonds. The predicted octanol–water partition coefficient (Wildman–Crippen LogP) is -1.63. The van der Waals surface area contributed by atoms with E-state index < -0.39 is 96.3 Å². The summed E-state index contributed by atoms with van der Waals surface area (Å²) in [6.07, 6.45) is -14.8. The molecule has 2 aromatic rings. The number of ether oxygens (including phenoxy) is 5. The van der Waals surface area contributed by atoms with Gasteiger partial charge in [-0.25, -0.2) is 9.97 Å². The van der Waals surface area contributed by atoms with E-state index in [4.69, 9.17) is 23.7 Å². The number of halogens is 6. The topological polar surface area (TPSA) is 290 Å². The molecule has 348 valence electrons. The summed E-state index contributed by atoms with van der Waals surface area (Å²) in [5.74, 6) is -2.15. The van der Waals surface area contributed by atoms with E-state index in [1.165, 1.54) is 0 Å². The van der Waals surface area contributed by atoms with Gasteiger partial charge in [0.25, 0.3) is 0 Å². The molecule has 2 saturated heterocycles. The number of esters is 1. The molecule has 2 fully saturated rings.